The van der Waals surface area contributed by atoms with Crippen molar-refractivity contribution < 1.29 is 4.74 Å². The van der Waals surface area contributed by atoms with Gasteiger partial charge in [-0.1, -0.05) is 41.6 Å². The molecule has 4 rings (SSSR count). The first-order chi connectivity index (χ1) is 11.8. The van der Waals surface area contributed by atoms with E-state index in [4.69, 9.17) is 4.74 Å². The van der Waals surface area contributed by atoms with E-state index in [0.29, 0.717) is 11.3 Å². The van der Waals surface area contributed by atoms with Crippen molar-refractivity contribution in [3.8, 4) is 17.4 Å². The van der Waals surface area contributed by atoms with Crippen LogP contribution < -0.4 is 10.3 Å². The van der Waals surface area contributed by atoms with Gasteiger partial charge in [0.1, 0.15) is 0 Å². The first kappa shape index (κ1) is 14.1. The maximum Gasteiger partial charge on any atom is 0.305 e. The largest absolute Gasteiger partial charge is 0.468 e. The van der Waals surface area contributed by atoms with Crippen LogP contribution in [0.2, 0.25) is 0 Å². The molecule has 0 aliphatic rings. The van der Waals surface area contributed by atoms with Crippen LogP contribution in [-0.4, -0.2) is 31.7 Å². The Morgan fingerprint density at radius 3 is 2.17 bits per heavy atom. The maximum absolute atomic E-state index is 12.9. The van der Waals surface area contributed by atoms with Crippen molar-refractivity contribution in [2.75, 3.05) is 7.11 Å². The van der Waals surface area contributed by atoms with E-state index < -0.39 is 0 Å². The van der Waals surface area contributed by atoms with E-state index in [0.717, 1.165) is 5.69 Å². The molecule has 0 fully saturated rings. The summed E-state index contributed by atoms with van der Waals surface area (Å²) in [5.74, 6) is 0. The van der Waals surface area contributed by atoms with E-state index in [1.54, 1.807) is 12.1 Å². The Hall–Kier alpha value is -3.48. The highest BCUT2D eigenvalue weighted by Crippen LogP contribution is 2.18. The summed E-state index contributed by atoms with van der Waals surface area (Å²) in [5, 5.41) is 8.09. The lowest BCUT2D eigenvalue weighted by atomic mass is 10.3. The van der Waals surface area contributed by atoms with Crippen LogP contribution in [0.5, 0.6) is 6.01 Å². The molecule has 2 aromatic carbocycles. The minimum Gasteiger partial charge on any atom is -0.468 e. The number of para-hydroxylation sites is 2. The van der Waals surface area contributed by atoms with Gasteiger partial charge in [0.15, 0.2) is 11.2 Å². The van der Waals surface area contributed by atoms with Crippen LogP contribution in [0.1, 0.15) is 0 Å². The number of nitrogens with zero attached hydrogens (tertiary/aromatic N) is 5. The molecule has 7 heteroatoms. The SMILES string of the molecule is COc1nc2c(nnn2-c2ccccc2)c(=O)n1-c1ccccc1. The van der Waals surface area contributed by atoms with Gasteiger partial charge < -0.3 is 4.74 Å². The number of methoxy groups -OCH3 is 1. The van der Waals surface area contributed by atoms with Gasteiger partial charge >= 0.3 is 6.01 Å². The van der Waals surface area contributed by atoms with E-state index in [1.165, 1.54) is 16.4 Å². The number of hydrogen-bond acceptors (Lipinski definition) is 5. The Bertz CT molecular complexity index is 1050. The zero-order chi connectivity index (χ0) is 16.5. The van der Waals surface area contributed by atoms with Crippen LogP contribution in [0.15, 0.2) is 65.5 Å². The zero-order valence-corrected chi connectivity index (χ0v) is 12.8. The predicted octanol–water partition coefficient (Wildman–Crippen LogP) is 1.97. The zero-order valence-electron chi connectivity index (χ0n) is 12.8. The van der Waals surface area contributed by atoms with Crippen LogP contribution in [0.4, 0.5) is 0 Å². The minimum atomic E-state index is -0.328. The molecular weight excluding hydrogens is 306 g/mol. The molecule has 0 atom stereocenters. The second-order valence-electron chi connectivity index (χ2n) is 5.08. The summed E-state index contributed by atoms with van der Waals surface area (Å²) in [4.78, 5) is 17.3. The number of aromatic nitrogens is 5. The van der Waals surface area contributed by atoms with Crippen molar-refractivity contribution in [1.29, 1.82) is 0 Å². The Labute approximate surface area is 136 Å². The van der Waals surface area contributed by atoms with Gasteiger partial charge in [-0.15, -0.1) is 5.10 Å². The molecule has 0 unspecified atom stereocenters. The molecule has 0 aliphatic carbocycles. The molecule has 0 aliphatic heterocycles. The fourth-order valence-corrected chi connectivity index (χ4v) is 2.53. The minimum absolute atomic E-state index is 0.179. The second kappa shape index (κ2) is 5.62. The highest BCUT2D eigenvalue weighted by Gasteiger charge is 2.18. The predicted molar refractivity (Wildman–Crippen MR) is 88.8 cm³/mol. The van der Waals surface area contributed by atoms with E-state index in [1.807, 2.05) is 48.5 Å². The van der Waals surface area contributed by atoms with Crippen LogP contribution in [-0.2, 0) is 0 Å². The lowest BCUT2D eigenvalue weighted by Gasteiger charge is -2.10. The van der Waals surface area contributed by atoms with E-state index in [9.17, 15) is 4.79 Å². The van der Waals surface area contributed by atoms with E-state index >= 15 is 0 Å². The molecule has 0 radical (unpaired) electrons. The van der Waals surface area contributed by atoms with E-state index in [2.05, 4.69) is 15.3 Å². The highest BCUT2D eigenvalue weighted by atomic mass is 16.5. The van der Waals surface area contributed by atoms with Gasteiger partial charge in [0.25, 0.3) is 5.56 Å². The summed E-state index contributed by atoms with van der Waals surface area (Å²) in [7, 11) is 1.48. The molecule has 4 aromatic rings. The Morgan fingerprint density at radius 2 is 1.54 bits per heavy atom. The third-order valence-corrected chi connectivity index (χ3v) is 3.64. The van der Waals surface area contributed by atoms with Crippen LogP contribution >= 0.6 is 0 Å². The molecule has 0 saturated carbocycles. The molecule has 2 heterocycles. The third-order valence-electron chi connectivity index (χ3n) is 3.64. The molecule has 0 spiro atoms. The van der Waals surface area contributed by atoms with Crippen molar-refractivity contribution in [2.24, 2.45) is 0 Å². The third kappa shape index (κ3) is 2.14. The quantitative estimate of drug-likeness (QED) is 0.577. The van der Waals surface area contributed by atoms with Gasteiger partial charge in [0.2, 0.25) is 0 Å². The number of hydrogen-bond donors (Lipinski definition) is 0. The van der Waals surface area contributed by atoms with Gasteiger partial charge in [-0.2, -0.15) is 9.67 Å². The van der Waals surface area contributed by atoms with Crippen LogP contribution in [0.3, 0.4) is 0 Å². The molecule has 24 heavy (non-hydrogen) atoms. The first-order valence-electron chi connectivity index (χ1n) is 7.33. The molecule has 2 aromatic heterocycles. The van der Waals surface area contributed by atoms with Crippen molar-refractivity contribution >= 4 is 11.2 Å². The summed E-state index contributed by atoms with van der Waals surface area (Å²) in [6.45, 7) is 0. The van der Waals surface area contributed by atoms with Gasteiger partial charge in [-0.25, -0.2) is 4.57 Å². The standard InChI is InChI=1S/C17H13N5O2/c1-24-17-18-15-14(16(23)21(17)12-8-4-2-5-9-12)19-20-22(15)13-10-6-3-7-11-13/h2-11H,1H3. The summed E-state index contributed by atoms with van der Waals surface area (Å²) >= 11 is 0. The maximum atomic E-state index is 12.9. The normalized spacial score (nSPS) is 10.9. The number of fused-ring (bicyclic) bond motifs is 1. The monoisotopic (exact) mass is 319 g/mol. The molecule has 0 saturated heterocycles. The number of ether oxygens (including phenoxy) is 1. The van der Waals surface area contributed by atoms with Crippen molar-refractivity contribution in [2.45, 2.75) is 0 Å². The average Bonchev–Trinajstić information content (AvgIpc) is 3.07. The van der Waals surface area contributed by atoms with Crippen LogP contribution in [0, 0.1) is 0 Å². The topological polar surface area (TPSA) is 74.8 Å². The number of rotatable bonds is 3. The lowest BCUT2D eigenvalue weighted by Crippen LogP contribution is -2.22. The molecule has 0 amide bonds. The first-order valence-corrected chi connectivity index (χ1v) is 7.33. The van der Waals surface area contributed by atoms with Crippen LogP contribution in [0.25, 0.3) is 22.5 Å². The fourth-order valence-electron chi connectivity index (χ4n) is 2.53. The molecular formula is C17H13N5O2. The summed E-state index contributed by atoms with van der Waals surface area (Å²) in [6.07, 6.45) is 0. The van der Waals surface area contributed by atoms with Gasteiger partial charge in [-0.05, 0) is 24.3 Å². The lowest BCUT2D eigenvalue weighted by molar-refractivity contribution is 0.367. The molecule has 0 bridgehead atoms. The fraction of sp³-hybridized carbons (Fsp3) is 0.0588. The number of benzene rings is 2. The van der Waals surface area contributed by atoms with E-state index in [-0.39, 0.29) is 17.1 Å². The second-order valence-corrected chi connectivity index (χ2v) is 5.08. The Kier molecular flexibility index (Phi) is 3.31. The summed E-state index contributed by atoms with van der Waals surface area (Å²) in [6, 6.07) is 18.7. The van der Waals surface area contributed by atoms with Crippen molar-refractivity contribution in [3.63, 3.8) is 0 Å². The molecule has 7 nitrogen and oxygen atoms in total. The smallest absolute Gasteiger partial charge is 0.305 e. The highest BCUT2D eigenvalue weighted by molar-refractivity contribution is 5.71. The van der Waals surface area contributed by atoms with Gasteiger partial charge in [0.05, 0.1) is 18.5 Å². The molecule has 0 N–H and O–H groups in total. The summed E-state index contributed by atoms with van der Waals surface area (Å²) in [5.41, 5.74) is 1.64. The van der Waals surface area contributed by atoms with Gasteiger partial charge in [0, 0.05) is 0 Å². The van der Waals surface area contributed by atoms with Crippen molar-refractivity contribution in [3.05, 3.63) is 71.0 Å². The Morgan fingerprint density at radius 1 is 0.917 bits per heavy atom. The molecule has 118 valence electrons. The Balaban J connectivity index is 2.02. The summed E-state index contributed by atoms with van der Waals surface area (Å²) < 4.78 is 8.24. The average molecular weight is 319 g/mol. The van der Waals surface area contributed by atoms with Gasteiger partial charge in [-0.3, -0.25) is 4.79 Å². The van der Waals surface area contributed by atoms with Crippen molar-refractivity contribution in [1.82, 2.24) is 24.5 Å².